The molecule has 0 saturated carbocycles. The molecule has 2 rings (SSSR count). The Kier molecular flexibility index (Phi) is 4.20. The van der Waals surface area contributed by atoms with E-state index in [4.69, 9.17) is 28.6 Å². The topological polar surface area (TPSA) is 12.5 Å². The highest BCUT2D eigenvalue weighted by atomic mass is 35.5. The van der Waals surface area contributed by atoms with E-state index in [1.165, 1.54) is 12.1 Å². The highest BCUT2D eigenvalue weighted by Crippen LogP contribution is 2.30. The summed E-state index contributed by atoms with van der Waals surface area (Å²) in [6.07, 6.45) is -3.69. The van der Waals surface area contributed by atoms with Gasteiger partial charge in [-0.2, -0.15) is 13.2 Å². The van der Waals surface area contributed by atoms with Crippen LogP contribution in [0.1, 0.15) is 12.0 Å². The van der Waals surface area contributed by atoms with Crippen molar-refractivity contribution in [3.63, 3.8) is 0 Å². The molecular formula is C12H11ClF3NOS. The highest BCUT2D eigenvalue weighted by Gasteiger charge is 2.30. The van der Waals surface area contributed by atoms with Crippen LogP contribution in [0.3, 0.4) is 0 Å². The second kappa shape index (κ2) is 5.54. The predicted molar refractivity (Wildman–Crippen MR) is 70.5 cm³/mol. The van der Waals surface area contributed by atoms with Crippen LogP contribution in [0.4, 0.5) is 13.2 Å². The number of likely N-dealkylation sites (tertiary alicyclic amines) is 1. The minimum absolute atomic E-state index is 0.103. The number of thiocarbonyl (C=S) groups is 1. The van der Waals surface area contributed by atoms with Gasteiger partial charge in [0, 0.05) is 13.0 Å². The van der Waals surface area contributed by atoms with Gasteiger partial charge in [0.1, 0.15) is 11.9 Å². The monoisotopic (exact) mass is 309 g/mol. The van der Waals surface area contributed by atoms with Crippen molar-refractivity contribution in [2.45, 2.75) is 18.7 Å². The molecule has 0 spiro atoms. The normalized spacial score (nSPS) is 19.6. The fraction of sp³-hybridized carbons (Fsp3) is 0.417. The number of halogens is 4. The van der Waals surface area contributed by atoms with Crippen molar-refractivity contribution < 1.29 is 17.9 Å². The molecule has 0 radical (unpaired) electrons. The van der Waals surface area contributed by atoms with Crippen molar-refractivity contribution in [2.24, 2.45) is 0 Å². The number of ether oxygens (including phenoxy) is 1. The van der Waals surface area contributed by atoms with Crippen molar-refractivity contribution in [3.05, 3.63) is 29.8 Å². The van der Waals surface area contributed by atoms with Gasteiger partial charge in [-0.15, -0.1) is 0 Å². The lowest BCUT2D eigenvalue weighted by Gasteiger charge is -2.16. The molecule has 1 atom stereocenters. The van der Waals surface area contributed by atoms with E-state index < -0.39 is 11.7 Å². The largest absolute Gasteiger partial charge is 0.489 e. The Morgan fingerprint density at radius 2 is 1.95 bits per heavy atom. The Morgan fingerprint density at radius 3 is 2.42 bits per heavy atom. The SMILES string of the molecule is FC(F)(F)c1ccc(OC2CCN(C(=S)Cl)C2)cc1. The Bertz CT molecular complexity index is 463. The van der Waals surface area contributed by atoms with Crippen LogP contribution in [0.25, 0.3) is 0 Å². The van der Waals surface area contributed by atoms with Gasteiger partial charge in [0.25, 0.3) is 0 Å². The molecule has 1 aliphatic heterocycles. The Labute approximate surface area is 119 Å². The van der Waals surface area contributed by atoms with E-state index in [-0.39, 0.29) is 6.10 Å². The van der Waals surface area contributed by atoms with E-state index in [0.29, 0.717) is 23.3 Å². The number of benzene rings is 1. The van der Waals surface area contributed by atoms with Crippen molar-refractivity contribution in [1.29, 1.82) is 0 Å². The van der Waals surface area contributed by atoms with Gasteiger partial charge in [0.2, 0.25) is 0 Å². The number of nitrogens with zero attached hydrogens (tertiary/aromatic N) is 1. The first kappa shape index (κ1) is 14.4. The number of rotatable bonds is 2. The molecule has 1 aromatic carbocycles. The molecule has 0 aliphatic carbocycles. The van der Waals surface area contributed by atoms with Gasteiger partial charge < -0.3 is 9.64 Å². The molecule has 2 nitrogen and oxygen atoms in total. The quantitative estimate of drug-likeness (QED) is 0.470. The molecule has 0 N–H and O–H groups in total. The number of alkyl halides is 3. The first-order valence-corrected chi connectivity index (χ1v) is 6.43. The second-order valence-corrected chi connectivity index (χ2v) is 5.22. The van der Waals surface area contributed by atoms with Crippen LogP contribution in [0.5, 0.6) is 5.75 Å². The third-order valence-electron chi connectivity index (χ3n) is 2.88. The number of hydrogen-bond acceptors (Lipinski definition) is 2. The molecule has 0 bridgehead atoms. The molecule has 1 aromatic rings. The van der Waals surface area contributed by atoms with Crippen molar-refractivity contribution in [3.8, 4) is 5.75 Å². The van der Waals surface area contributed by atoms with Gasteiger partial charge in [-0.25, -0.2) is 0 Å². The van der Waals surface area contributed by atoms with Gasteiger partial charge in [0.15, 0.2) is 4.45 Å². The van der Waals surface area contributed by atoms with Crippen LogP contribution < -0.4 is 4.74 Å². The fourth-order valence-electron chi connectivity index (χ4n) is 1.90. The third-order valence-corrected chi connectivity index (χ3v) is 3.38. The van der Waals surface area contributed by atoms with Crippen LogP contribution in [0.2, 0.25) is 0 Å². The van der Waals surface area contributed by atoms with E-state index in [9.17, 15) is 13.2 Å². The summed E-state index contributed by atoms with van der Waals surface area (Å²) in [6, 6.07) is 4.66. The minimum atomic E-state index is -4.33. The molecule has 0 aromatic heterocycles. The maximum absolute atomic E-state index is 12.4. The van der Waals surface area contributed by atoms with Gasteiger partial charge in [-0.1, -0.05) is 11.6 Å². The summed E-state index contributed by atoms with van der Waals surface area (Å²) < 4.78 is 43.1. The summed E-state index contributed by atoms with van der Waals surface area (Å²) in [7, 11) is 0. The maximum atomic E-state index is 12.4. The van der Waals surface area contributed by atoms with Gasteiger partial charge in [-0.05, 0) is 36.5 Å². The maximum Gasteiger partial charge on any atom is 0.416 e. The zero-order valence-corrected chi connectivity index (χ0v) is 11.4. The average Bonchev–Trinajstić information content (AvgIpc) is 2.77. The summed E-state index contributed by atoms with van der Waals surface area (Å²) in [4.78, 5) is 1.80. The van der Waals surface area contributed by atoms with Crippen molar-refractivity contribution >= 4 is 28.3 Å². The lowest BCUT2D eigenvalue weighted by atomic mass is 10.2. The molecule has 1 unspecified atom stereocenters. The summed E-state index contributed by atoms with van der Waals surface area (Å²) in [5.74, 6) is 0.417. The second-order valence-electron chi connectivity index (χ2n) is 4.25. The van der Waals surface area contributed by atoms with Crippen LogP contribution in [0, 0.1) is 0 Å². The highest BCUT2D eigenvalue weighted by molar-refractivity contribution is 7.83. The van der Waals surface area contributed by atoms with Gasteiger partial charge >= 0.3 is 6.18 Å². The van der Waals surface area contributed by atoms with E-state index in [1.54, 1.807) is 4.90 Å². The summed E-state index contributed by atoms with van der Waals surface area (Å²) >= 11 is 10.5. The first-order chi connectivity index (χ1) is 8.86. The van der Waals surface area contributed by atoms with E-state index in [0.717, 1.165) is 18.6 Å². The van der Waals surface area contributed by atoms with Crippen LogP contribution in [0.15, 0.2) is 24.3 Å². The third kappa shape index (κ3) is 3.73. The van der Waals surface area contributed by atoms with Gasteiger partial charge in [-0.3, -0.25) is 0 Å². The summed E-state index contributed by atoms with van der Waals surface area (Å²) in [5.41, 5.74) is -0.685. The first-order valence-electron chi connectivity index (χ1n) is 5.64. The van der Waals surface area contributed by atoms with Crippen molar-refractivity contribution in [1.82, 2.24) is 4.90 Å². The van der Waals surface area contributed by atoms with E-state index >= 15 is 0 Å². The fourth-order valence-corrected chi connectivity index (χ4v) is 2.22. The molecule has 104 valence electrons. The minimum Gasteiger partial charge on any atom is -0.489 e. The smallest absolute Gasteiger partial charge is 0.416 e. The Hall–Kier alpha value is -1.01. The zero-order chi connectivity index (χ0) is 14.0. The van der Waals surface area contributed by atoms with Crippen LogP contribution >= 0.6 is 23.8 Å². The van der Waals surface area contributed by atoms with Crippen LogP contribution in [-0.2, 0) is 6.18 Å². The van der Waals surface area contributed by atoms with Crippen molar-refractivity contribution in [2.75, 3.05) is 13.1 Å². The molecule has 7 heteroatoms. The van der Waals surface area contributed by atoms with E-state index in [1.807, 2.05) is 0 Å². The molecule has 19 heavy (non-hydrogen) atoms. The standard InChI is InChI=1S/C12H11ClF3NOS/c13-11(19)17-6-5-10(7-17)18-9-3-1-8(2-4-9)12(14,15)16/h1-4,10H,5-7H2. The summed E-state index contributed by atoms with van der Waals surface area (Å²) in [5, 5.41) is 0. The lowest BCUT2D eigenvalue weighted by Crippen LogP contribution is -2.26. The molecule has 1 saturated heterocycles. The van der Waals surface area contributed by atoms with Gasteiger partial charge in [0.05, 0.1) is 12.1 Å². The summed E-state index contributed by atoms with van der Waals surface area (Å²) in [6.45, 7) is 1.26. The molecular weight excluding hydrogens is 299 g/mol. The predicted octanol–water partition coefficient (Wildman–Crippen LogP) is 3.68. The van der Waals surface area contributed by atoms with Crippen LogP contribution in [-0.4, -0.2) is 28.5 Å². The Balaban J connectivity index is 1.96. The molecule has 0 amide bonds. The zero-order valence-electron chi connectivity index (χ0n) is 9.78. The molecule has 1 heterocycles. The number of hydrogen-bond donors (Lipinski definition) is 0. The molecule has 1 aliphatic rings. The lowest BCUT2D eigenvalue weighted by molar-refractivity contribution is -0.137. The Morgan fingerprint density at radius 1 is 1.32 bits per heavy atom. The van der Waals surface area contributed by atoms with E-state index in [2.05, 4.69) is 0 Å². The average molecular weight is 310 g/mol. The molecule has 1 fully saturated rings.